The lowest BCUT2D eigenvalue weighted by molar-refractivity contribution is 0.199. The van der Waals surface area contributed by atoms with Crippen LogP contribution >= 0.6 is 11.6 Å². The number of halogens is 1. The van der Waals surface area contributed by atoms with Crippen molar-refractivity contribution in [3.63, 3.8) is 0 Å². The lowest BCUT2D eigenvalue weighted by Crippen LogP contribution is -2.10. The van der Waals surface area contributed by atoms with Crippen molar-refractivity contribution in [1.29, 1.82) is 0 Å². The molecule has 3 heteroatoms. The van der Waals surface area contributed by atoms with E-state index in [1.54, 1.807) is 6.92 Å². The normalized spacial score (nSPS) is 13.9. The summed E-state index contributed by atoms with van der Waals surface area (Å²) in [7, 11) is 0. The number of aliphatic hydroxyl groups is 1. The summed E-state index contributed by atoms with van der Waals surface area (Å²) < 4.78 is 0. The smallest absolute Gasteiger partial charge is 0.135 e. The first kappa shape index (κ1) is 13.3. The number of hydrogen-bond acceptors (Lipinski definition) is 2. The number of nitrogens with zero attached hydrogens (tertiary/aromatic N) is 1. The summed E-state index contributed by atoms with van der Waals surface area (Å²) in [6.45, 7) is 8.22. The molecule has 1 aromatic carbocycles. The Morgan fingerprint density at radius 1 is 1.22 bits per heavy atom. The van der Waals surface area contributed by atoms with Crippen LogP contribution in [0, 0.1) is 0 Å². The van der Waals surface area contributed by atoms with Crippen LogP contribution < -0.4 is 0 Å². The van der Waals surface area contributed by atoms with Crippen LogP contribution in [0.5, 0.6) is 0 Å². The molecular weight excluding hydrogens is 246 g/mol. The number of fused-ring (bicyclic) bond motifs is 1. The largest absolute Gasteiger partial charge is 0.389 e. The number of benzene rings is 1. The molecule has 1 atom stereocenters. The number of rotatable bonds is 1. The minimum Gasteiger partial charge on any atom is -0.389 e. The molecule has 1 aromatic heterocycles. The van der Waals surface area contributed by atoms with Crippen molar-refractivity contribution in [2.24, 2.45) is 0 Å². The van der Waals surface area contributed by atoms with Gasteiger partial charge in [0, 0.05) is 10.9 Å². The van der Waals surface area contributed by atoms with Crippen LogP contribution in [0.2, 0.25) is 5.15 Å². The van der Waals surface area contributed by atoms with Gasteiger partial charge in [-0.05, 0) is 36.1 Å². The molecular formula is C15H18ClNO. The highest BCUT2D eigenvalue weighted by atomic mass is 35.5. The lowest BCUT2D eigenvalue weighted by Gasteiger charge is -2.19. The molecule has 0 spiro atoms. The maximum absolute atomic E-state index is 9.67. The molecule has 1 unspecified atom stereocenters. The van der Waals surface area contributed by atoms with E-state index in [0.29, 0.717) is 10.7 Å². The van der Waals surface area contributed by atoms with E-state index < -0.39 is 6.10 Å². The molecule has 0 saturated carbocycles. The fraction of sp³-hybridized carbons (Fsp3) is 0.400. The van der Waals surface area contributed by atoms with E-state index in [0.717, 1.165) is 10.9 Å². The predicted octanol–water partition coefficient (Wildman–Crippen LogP) is 4.24. The van der Waals surface area contributed by atoms with Crippen LogP contribution in [0.15, 0.2) is 24.3 Å². The zero-order valence-corrected chi connectivity index (χ0v) is 11.9. The minimum atomic E-state index is -0.604. The molecule has 0 aliphatic heterocycles. The van der Waals surface area contributed by atoms with Crippen LogP contribution in [0.3, 0.4) is 0 Å². The maximum Gasteiger partial charge on any atom is 0.135 e. The first-order valence-electron chi connectivity index (χ1n) is 6.08. The Kier molecular flexibility index (Phi) is 3.35. The van der Waals surface area contributed by atoms with Gasteiger partial charge < -0.3 is 5.11 Å². The Bertz CT molecular complexity index is 585. The summed E-state index contributed by atoms with van der Waals surface area (Å²) in [5.41, 5.74) is 2.88. The van der Waals surface area contributed by atoms with Gasteiger partial charge in [0.1, 0.15) is 5.15 Å². The molecule has 0 fully saturated rings. The zero-order chi connectivity index (χ0) is 13.5. The second-order valence-corrected chi connectivity index (χ2v) is 6.06. The molecule has 1 heterocycles. The highest BCUT2D eigenvalue weighted by Crippen LogP contribution is 2.29. The Balaban J connectivity index is 2.65. The second-order valence-electron chi connectivity index (χ2n) is 5.70. The van der Waals surface area contributed by atoms with E-state index in [9.17, 15) is 5.11 Å². The zero-order valence-electron chi connectivity index (χ0n) is 11.2. The molecule has 2 rings (SSSR count). The summed E-state index contributed by atoms with van der Waals surface area (Å²) in [5, 5.41) is 11.1. The average molecular weight is 264 g/mol. The van der Waals surface area contributed by atoms with Crippen LogP contribution in [0.4, 0.5) is 0 Å². The van der Waals surface area contributed by atoms with Crippen LogP contribution in [0.25, 0.3) is 10.9 Å². The van der Waals surface area contributed by atoms with Gasteiger partial charge in [0.25, 0.3) is 0 Å². The van der Waals surface area contributed by atoms with Gasteiger partial charge in [-0.25, -0.2) is 4.98 Å². The molecule has 2 nitrogen and oxygen atoms in total. The molecule has 2 aromatic rings. The van der Waals surface area contributed by atoms with Crippen molar-refractivity contribution in [1.82, 2.24) is 4.98 Å². The van der Waals surface area contributed by atoms with E-state index in [1.807, 2.05) is 12.1 Å². The van der Waals surface area contributed by atoms with E-state index in [2.05, 4.69) is 37.9 Å². The van der Waals surface area contributed by atoms with Gasteiger partial charge >= 0.3 is 0 Å². The van der Waals surface area contributed by atoms with Gasteiger partial charge in [-0.15, -0.1) is 0 Å². The van der Waals surface area contributed by atoms with Crippen LogP contribution in [0.1, 0.15) is 44.9 Å². The van der Waals surface area contributed by atoms with Gasteiger partial charge in [0.2, 0.25) is 0 Å². The van der Waals surface area contributed by atoms with Gasteiger partial charge in [-0.3, -0.25) is 0 Å². The van der Waals surface area contributed by atoms with Gasteiger partial charge in [-0.1, -0.05) is 38.4 Å². The third-order valence-electron chi connectivity index (χ3n) is 3.11. The third kappa shape index (κ3) is 2.50. The quantitative estimate of drug-likeness (QED) is 0.781. The monoisotopic (exact) mass is 263 g/mol. The van der Waals surface area contributed by atoms with Gasteiger partial charge in [-0.2, -0.15) is 0 Å². The second kappa shape index (κ2) is 4.52. The Hall–Kier alpha value is -1.12. The molecule has 0 amide bonds. The molecule has 0 aliphatic carbocycles. The maximum atomic E-state index is 9.67. The highest BCUT2D eigenvalue weighted by molar-refractivity contribution is 6.30. The van der Waals surface area contributed by atoms with Crippen molar-refractivity contribution in [2.75, 3.05) is 0 Å². The van der Waals surface area contributed by atoms with E-state index in [4.69, 9.17) is 11.6 Å². The number of aromatic nitrogens is 1. The van der Waals surface area contributed by atoms with Gasteiger partial charge in [0.05, 0.1) is 11.6 Å². The Morgan fingerprint density at radius 3 is 2.44 bits per heavy atom. The molecule has 18 heavy (non-hydrogen) atoms. The SMILES string of the molecule is CC(O)c1cc2cc(C(C)(C)C)ccc2nc1Cl. The fourth-order valence-electron chi connectivity index (χ4n) is 1.93. The summed E-state index contributed by atoms with van der Waals surface area (Å²) in [6, 6.07) is 8.09. The minimum absolute atomic E-state index is 0.0961. The van der Waals surface area contributed by atoms with Crippen LogP contribution in [-0.4, -0.2) is 10.1 Å². The Morgan fingerprint density at radius 2 is 1.89 bits per heavy atom. The van der Waals surface area contributed by atoms with Crippen molar-refractivity contribution in [3.05, 3.63) is 40.5 Å². The molecule has 0 saturated heterocycles. The number of aliphatic hydroxyl groups excluding tert-OH is 1. The standard InChI is InChI=1S/C15H18ClNO/c1-9(18)12-8-10-7-11(15(2,3)4)5-6-13(10)17-14(12)16/h5-9,18H,1-4H3. The van der Waals surface area contributed by atoms with Crippen LogP contribution in [-0.2, 0) is 5.41 Å². The molecule has 0 aliphatic rings. The summed E-state index contributed by atoms with van der Waals surface area (Å²) in [4.78, 5) is 4.33. The highest BCUT2D eigenvalue weighted by Gasteiger charge is 2.15. The van der Waals surface area contributed by atoms with Crippen molar-refractivity contribution < 1.29 is 5.11 Å². The Labute approximate surface area is 113 Å². The first-order valence-corrected chi connectivity index (χ1v) is 6.45. The predicted molar refractivity (Wildman–Crippen MR) is 76.1 cm³/mol. The molecule has 0 bridgehead atoms. The summed E-state index contributed by atoms with van der Waals surface area (Å²) in [6.07, 6.45) is -0.604. The van der Waals surface area contributed by atoms with Gasteiger partial charge in [0.15, 0.2) is 0 Å². The van der Waals surface area contributed by atoms with E-state index in [1.165, 1.54) is 5.56 Å². The molecule has 0 radical (unpaired) electrons. The van der Waals surface area contributed by atoms with Crippen molar-refractivity contribution >= 4 is 22.5 Å². The topological polar surface area (TPSA) is 33.1 Å². The average Bonchev–Trinajstić information content (AvgIpc) is 2.25. The fourth-order valence-corrected chi connectivity index (χ4v) is 2.23. The van der Waals surface area contributed by atoms with E-state index in [-0.39, 0.29) is 5.41 Å². The summed E-state index contributed by atoms with van der Waals surface area (Å²) in [5.74, 6) is 0. The van der Waals surface area contributed by atoms with Crippen molar-refractivity contribution in [2.45, 2.75) is 39.2 Å². The molecule has 1 N–H and O–H groups in total. The van der Waals surface area contributed by atoms with Crippen molar-refractivity contribution in [3.8, 4) is 0 Å². The van der Waals surface area contributed by atoms with E-state index >= 15 is 0 Å². The third-order valence-corrected chi connectivity index (χ3v) is 3.41. The number of pyridine rings is 1. The first-order chi connectivity index (χ1) is 8.29. The summed E-state index contributed by atoms with van der Waals surface area (Å²) >= 11 is 6.06. The lowest BCUT2D eigenvalue weighted by atomic mass is 9.86. The number of hydrogen-bond donors (Lipinski definition) is 1. The molecule has 96 valence electrons.